The molecule has 1 N–H and O–H groups in total. The molecule has 0 radical (unpaired) electrons. The molecule has 5 heteroatoms. The second-order valence-electron chi connectivity index (χ2n) is 6.15. The van der Waals surface area contributed by atoms with Gasteiger partial charge in [0.15, 0.2) is 0 Å². The Bertz CT molecular complexity index is 719. The second kappa shape index (κ2) is 7.14. The largest absolute Gasteiger partial charge is 0.368 e. The van der Waals surface area contributed by atoms with E-state index in [1.807, 2.05) is 55.1 Å². The SMILES string of the molecule is Cc1cccc(C)c1NC(=O)N1CCN(c2cccc(Cl)c2)CC1. The molecule has 0 bridgehead atoms. The van der Waals surface area contributed by atoms with E-state index in [9.17, 15) is 4.79 Å². The first-order chi connectivity index (χ1) is 11.5. The molecule has 1 heterocycles. The van der Waals surface area contributed by atoms with Crippen molar-refractivity contribution in [3.63, 3.8) is 0 Å². The first-order valence-electron chi connectivity index (χ1n) is 8.17. The van der Waals surface area contributed by atoms with Crippen LogP contribution in [0.4, 0.5) is 16.2 Å². The van der Waals surface area contributed by atoms with Gasteiger partial charge in [0, 0.05) is 42.6 Å². The van der Waals surface area contributed by atoms with Crippen LogP contribution in [0.3, 0.4) is 0 Å². The molecule has 2 amide bonds. The van der Waals surface area contributed by atoms with Gasteiger partial charge in [0.25, 0.3) is 0 Å². The standard InChI is InChI=1S/C19H22ClN3O/c1-14-5-3-6-15(2)18(14)21-19(24)23-11-9-22(10-12-23)17-8-4-7-16(20)13-17/h3-8,13H,9-12H2,1-2H3,(H,21,24). The quantitative estimate of drug-likeness (QED) is 0.881. The highest BCUT2D eigenvalue weighted by Gasteiger charge is 2.22. The third-order valence-electron chi connectivity index (χ3n) is 4.45. The summed E-state index contributed by atoms with van der Waals surface area (Å²) in [6.07, 6.45) is 0. The van der Waals surface area contributed by atoms with E-state index in [0.29, 0.717) is 13.1 Å². The van der Waals surface area contributed by atoms with Gasteiger partial charge in [-0.15, -0.1) is 0 Å². The highest BCUT2D eigenvalue weighted by atomic mass is 35.5. The molecule has 0 unspecified atom stereocenters. The Morgan fingerprint density at radius 3 is 2.25 bits per heavy atom. The summed E-state index contributed by atoms with van der Waals surface area (Å²) >= 11 is 6.06. The molecular weight excluding hydrogens is 322 g/mol. The fourth-order valence-electron chi connectivity index (χ4n) is 3.04. The molecule has 0 aromatic heterocycles. The van der Waals surface area contributed by atoms with E-state index in [-0.39, 0.29) is 6.03 Å². The van der Waals surface area contributed by atoms with E-state index in [4.69, 9.17) is 11.6 Å². The molecular formula is C19H22ClN3O. The van der Waals surface area contributed by atoms with Gasteiger partial charge in [0.2, 0.25) is 0 Å². The number of hydrogen-bond acceptors (Lipinski definition) is 2. The van der Waals surface area contributed by atoms with Gasteiger partial charge in [0.05, 0.1) is 0 Å². The van der Waals surface area contributed by atoms with E-state index < -0.39 is 0 Å². The minimum Gasteiger partial charge on any atom is -0.368 e. The summed E-state index contributed by atoms with van der Waals surface area (Å²) in [5.74, 6) is 0. The maximum absolute atomic E-state index is 12.5. The van der Waals surface area contributed by atoms with Crippen LogP contribution in [0.2, 0.25) is 5.02 Å². The Balaban J connectivity index is 1.61. The van der Waals surface area contributed by atoms with Crippen molar-refractivity contribution in [2.24, 2.45) is 0 Å². The Hall–Kier alpha value is -2.20. The van der Waals surface area contributed by atoms with E-state index in [1.54, 1.807) is 0 Å². The summed E-state index contributed by atoms with van der Waals surface area (Å²) in [5.41, 5.74) is 4.19. The number of hydrogen-bond donors (Lipinski definition) is 1. The van der Waals surface area contributed by atoms with Crippen LogP contribution in [0, 0.1) is 13.8 Å². The van der Waals surface area contributed by atoms with Crippen LogP contribution in [0.15, 0.2) is 42.5 Å². The summed E-state index contributed by atoms with van der Waals surface area (Å²) in [6, 6.07) is 13.9. The van der Waals surface area contributed by atoms with Crippen LogP contribution in [-0.4, -0.2) is 37.1 Å². The van der Waals surface area contributed by atoms with Gasteiger partial charge in [-0.2, -0.15) is 0 Å². The third-order valence-corrected chi connectivity index (χ3v) is 4.69. The number of carbonyl (C=O) groups excluding carboxylic acids is 1. The molecule has 2 aromatic rings. The summed E-state index contributed by atoms with van der Waals surface area (Å²) < 4.78 is 0. The summed E-state index contributed by atoms with van der Waals surface area (Å²) in [7, 11) is 0. The number of urea groups is 1. The average Bonchev–Trinajstić information content (AvgIpc) is 2.58. The lowest BCUT2D eigenvalue weighted by molar-refractivity contribution is 0.208. The molecule has 0 spiro atoms. The lowest BCUT2D eigenvalue weighted by Crippen LogP contribution is -2.50. The van der Waals surface area contributed by atoms with Gasteiger partial charge in [-0.25, -0.2) is 4.79 Å². The number of benzene rings is 2. The topological polar surface area (TPSA) is 35.6 Å². The van der Waals surface area contributed by atoms with Crippen LogP contribution < -0.4 is 10.2 Å². The van der Waals surface area contributed by atoms with Crippen molar-refractivity contribution in [3.8, 4) is 0 Å². The van der Waals surface area contributed by atoms with Crippen molar-refractivity contribution in [3.05, 3.63) is 58.6 Å². The zero-order valence-electron chi connectivity index (χ0n) is 14.1. The molecule has 1 fully saturated rings. The lowest BCUT2D eigenvalue weighted by atomic mass is 10.1. The van der Waals surface area contributed by atoms with Crippen molar-refractivity contribution in [1.82, 2.24) is 4.90 Å². The minimum atomic E-state index is -0.0295. The molecule has 0 aliphatic carbocycles. The van der Waals surface area contributed by atoms with Gasteiger partial charge in [-0.05, 0) is 43.2 Å². The van der Waals surface area contributed by atoms with Gasteiger partial charge in [0.1, 0.15) is 0 Å². The number of halogens is 1. The third kappa shape index (κ3) is 3.65. The maximum Gasteiger partial charge on any atom is 0.321 e. The Labute approximate surface area is 148 Å². The number of anilines is 2. The van der Waals surface area contributed by atoms with E-state index in [0.717, 1.165) is 40.6 Å². The van der Waals surface area contributed by atoms with Crippen LogP contribution in [0.25, 0.3) is 0 Å². The summed E-state index contributed by atoms with van der Waals surface area (Å²) in [6.45, 7) is 7.03. The molecule has 4 nitrogen and oxygen atoms in total. The number of nitrogens with zero attached hydrogens (tertiary/aromatic N) is 2. The zero-order valence-corrected chi connectivity index (χ0v) is 14.8. The average molecular weight is 344 g/mol. The highest BCUT2D eigenvalue weighted by molar-refractivity contribution is 6.30. The fraction of sp³-hybridized carbons (Fsp3) is 0.316. The first kappa shape index (κ1) is 16.7. The molecule has 0 saturated carbocycles. The number of rotatable bonds is 2. The predicted molar refractivity (Wildman–Crippen MR) is 100 cm³/mol. The Morgan fingerprint density at radius 1 is 1.00 bits per heavy atom. The predicted octanol–water partition coefficient (Wildman–Crippen LogP) is 4.31. The lowest BCUT2D eigenvalue weighted by Gasteiger charge is -2.36. The van der Waals surface area contributed by atoms with Crippen LogP contribution in [0.5, 0.6) is 0 Å². The van der Waals surface area contributed by atoms with Crippen LogP contribution in [-0.2, 0) is 0 Å². The molecule has 1 aliphatic rings. The van der Waals surface area contributed by atoms with E-state index in [2.05, 4.69) is 16.3 Å². The molecule has 2 aromatic carbocycles. The molecule has 3 rings (SSSR count). The highest BCUT2D eigenvalue weighted by Crippen LogP contribution is 2.22. The monoisotopic (exact) mass is 343 g/mol. The number of carbonyl (C=O) groups is 1. The fourth-order valence-corrected chi connectivity index (χ4v) is 3.22. The van der Waals surface area contributed by atoms with Gasteiger partial charge < -0.3 is 15.1 Å². The van der Waals surface area contributed by atoms with Crippen LogP contribution in [0.1, 0.15) is 11.1 Å². The number of para-hydroxylation sites is 1. The zero-order chi connectivity index (χ0) is 17.1. The summed E-state index contributed by atoms with van der Waals surface area (Å²) in [4.78, 5) is 16.7. The minimum absolute atomic E-state index is 0.0295. The van der Waals surface area contributed by atoms with Gasteiger partial charge >= 0.3 is 6.03 Å². The Kier molecular flexibility index (Phi) is 4.95. The molecule has 24 heavy (non-hydrogen) atoms. The van der Waals surface area contributed by atoms with Crippen molar-refractivity contribution >= 4 is 29.0 Å². The Morgan fingerprint density at radius 2 is 1.62 bits per heavy atom. The summed E-state index contributed by atoms with van der Waals surface area (Å²) in [5, 5.41) is 3.80. The van der Waals surface area contributed by atoms with Crippen molar-refractivity contribution in [2.75, 3.05) is 36.4 Å². The van der Waals surface area contributed by atoms with Crippen molar-refractivity contribution < 1.29 is 4.79 Å². The maximum atomic E-state index is 12.5. The molecule has 1 saturated heterocycles. The number of piperazine rings is 1. The van der Waals surface area contributed by atoms with Gasteiger partial charge in [-0.1, -0.05) is 35.9 Å². The van der Waals surface area contributed by atoms with Crippen LogP contribution >= 0.6 is 11.6 Å². The van der Waals surface area contributed by atoms with Crippen molar-refractivity contribution in [2.45, 2.75) is 13.8 Å². The molecule has 0 atom stereocenters. The smallest absolute Gasteiger partial charge is 0.321 e. The van der Waals surface area contributed by atoms with E-state index in [1.165, 1.54) is 0 Å². The number of nitrogens with one attached hydrogen (secondary N) is 1. The van der Waals surface area contributed by atoms with Gasteiger partial charge in [-0.3, -0.25) is 0 Å². The van der Waals surface area contributed by atoms with E-state index >= 15 is 0 Å². The normalized spacial score (nSPS) is 14.6. The molecule has 126 valence electrons. The number of aryl methyl sites for hydroxylation is 2. The number of amides is 2. The molecule has 1 aliphatic heterocycles. The first-order valence-corrected chi connectivity index (χ1v) is 8.55. The second-order valence-corrected chi connectivity index (χ2v) is 6.59. The van der Waals surface area contributed by atoms with Crippen molar-refractivity contribution in [1.29, 1.82) is 0 Å².